The number of benzene rings is 1. The Bertz CT molecular complexity index is 383. The number of halogens is 1. The van der Waals surface area contributed by atoms with Gasteiger partial charge in [-0.1, -0.05) is 35.9 Å². The van der Waals surface area contributed by atoms with Gasteiger partial charge in [0.25, 0.3) is 0 Å². The minimum atomic E-state index is -0.779. The van der Waals surface area contributed by atoms with Crippen LogP contribution in [0.25, 0.3) is 5.57 Å². The Morgan fingerprint density at radius 1 is 1.47 bits per heavy atom. The maximum absolute atomic E-state index is 10.3. The molecule has 0 saturated carbocycles. The van der Waals surface area contributed by atoms with Gasteiger partial charge in [-0.3, -0.25) is 4.79 Å². The van der Waals surface area contributed by atoms with E-state index in [1.165, 1.54) is 0 Å². The Morgan fingerprint density at radius 2 is 2.13 bits per heavy atom. The molecule has 3 heteroatoms. The third-order valence-corrected chi connectivity index (χ3v) is 2.44. The number of hydrogen-bond acceptors (Lipinski definition) is 1. The lowest BCUT2D eigenvalue weighted by molar-refractivity contribution is -0.136. The normalized spacial score (nSPS) is 11.5. The molecule has 0 spiro atoms. The van der Waals surface area contributed by atoms with Crippen molar-refractivity contribution in [2.75, 3.05) is 0 Å². The first-order chi connectivity index (χ1) is 7.11. The Morgan fingerprint density at radius 3 is 2.73 bits per heavy atom. The summed E-state index contributed by atoms with van der Waals surface area (Å²) in [4.78, 5) is 10.3. The van der Waals surface area contributed by atoms with Gasteiger partial charge in [-0.25, -0.2) is 0 Å². The average Bonchev–Trinajstić information content (AvgIpc) is 2.17. The van der Waals surface area contributed by atoms with Gasteiger partial charge in [-0.05, 0) is 30.5 Å². The molecule has 0 fully saturated rings. The standard InChI is InChI=1S/C12H13ClO2/c1-9(5-4-8-12(14)15)10-6-2-3-7-11(10)13/h2-3,5-7H,4,8H2,1H3,(H,14,15)/b9-5+. The van der Waals surface area contributed by atoms with Crippen LogP contribution in [0, 0.1) is 0 Å². The maximum Gasteiger partial charge on any atom is 0.303 e. The molecule has 0 atom stereocenters. The molecule has 1 aromatic rings. The van der Waals surface area contributed by atoms with Crippen molar-refractivity contribution in [2.24, 2.45) is 0 Å². The summed E-state index contributed by atoms with van der Waals surface area (Å²) in [6.45, 7) is 1.93. The summed E-state index contributed by atoms with van der Waals surface area (Å²) in [7, 11) is 0. The minimum absolute atomic E-state index is 0.155. The van der Waals surface area contributed by atoms with Crippen molar-refractivity contribution in [3.8, 4) is 0 Å². The number of carboxylic acid groups (broad SMARTS) is 1. The minimum Gasteiger partial charge on any atom is -0.481 e. The first-order valence-electron chi connectivity index (χ1n) is 4.74. The highest BCUT2D eigenvalue weighted by Crippen LogP contribution is 2.23. The molecule has 1 aromatic carbocycles. The van der Waals surface area contributed by atoms with Crippen molar-refractivity contribution >= 4 is 23.1 Å². The Labute approximate surface area is 94.2 Å². The zero-order valence-electron chi connectivity index (χ0n) is 8.53. The van der Waals surface area contributed by atoms with Crippen LogP contribution in [0.1, 0.15) is 25.3 Å². The van der Waals surface area contributed by atoms with Crippen LogP contribution >= 0.6 is 11.6 Å². The highest BCUT2D eigenvalue weighted by molar-refractivity contribution is 6.32. The molecule has 1 rings (SSSR count). The van der Waals surface area contributed by atoms with Crippen molar-refractivity contribution in [2.45, 2.75) is 19.8 Å². The van der Waals surface area contributed by atoms with Gasteiger partial charge < -0.3 is 5.11 Å². The average molecular weight is 225 g/mol. The Hall–Kier alpha value is -1.28. The summed E-state index contributed by atoms with van der Waals surface area (Å²) in [5.41, 5.74) is 1.98. The van der Waals surface area contributed by atoms with Crippen LogP contribution in [-0.4, -0.2) is 11.1 Å². The van der Waals surface area contributed by atoms with Crippen molar-refractivity contribution in [1.82, 2.24) is 0 Å². The summed E-state index contributed by atoms with van der Waals surface area (Å²) in [5.74, 6) is -0.779. The molecular weight excluding hydrogens is 212 g/mol. The van der Waals surface area contributed by atoms with Gasteiger partial charge in [-0.2, -0.15) is 0 Å². The zero-order chi connectivity index (χ0) is 11.3. The predicted octanol–water partition coefficient (Wildman–Crippen LogP) is 3.61. The van der Waals surface area contributed by atoms with E-state index in [1.54, 1.807) is 0 Å². The van der Waals surface area contributed by atoms with Crippen molar-refractivity contribution in [3.63, 3.8) is 0 Å². The van der Waals surface area contributed by atoms with Gasteiger partial charge in [0.2, 0.25) is 0 Å². The van der Waals surface area contributed by atoms with Crippen LogP contribution in [0.5, 0.6) is 0 Å². The molecule has 0 unspecified atom stereocenters. The molecule has 0 radical (unpaired) electrons. The first kappa shape index (κ1) is 11.8. The Balaban J connectivity index is 2.72. The van der Waals surface area contributed by atoms with Crippen LogP contribution < -0.4 is 0 Å². The van der Waals surface area contributed by atoms with E-state index < -0.39 is 5.97 Å². The summed E-state index contributed by atoms with van der Waals surface area (Å²) in [6.07, 6.45) is 2.59. The van der Waals surface area contributed by atoms with Crippen LogP contribution in [0.3, 0.4) is 0 Å². The number of allylic oxidation sites excluding steroid dienone is 2. The molecule has 0 saturated heterocycles. The molecule has 80 valence electrons. The van der Waals surface area contributed by atoms with Crippen LogP contribution in [0.15, 0.2) is 30.3 Å². The van der Waals surface area contributed by atoms with E-state index in [4.69, 9.17) is 16.7 Å². The lowest BCUT2D eigenvalue weighted by Crippen LogP contribution is -1.92. The van der Waals surface area contributed by atoms with Crippen LogP contribution in [0.2, 0.25) is 5.02 Å². The molecule has 0 aromatic heterocycles. The fraction of sp³-hybridized carbons (Fsp3) is 0.250. The maximum atomic E-state index is 10.3. The third-order valence-electron chi connectivity index (χ3n) is 2.11. The molecule has 0 amide bonds. The molecule has 2 nitrogen and oxygen atoms in total. The summed E-state index contributed by atoms with van der Waals surface area (Å²) >= 11 is 6.00. The van der Waals surface area contributed by atoms with E-state index in [-0.39, 0.29) is 6.42 Å². The van der Waals surface area contributed by atoms with Gasteiger partial charge in [0.1, 0.15) is 0 Å². The number of hydrogen-bond donors (Lipinski definition) is 1. The highest BCUT2D eigenvalue weighted by atomic mass is 35.5. The van der Waals surface area contributed by atoms with Crippen LogP contribution in [-0.2, 0) is 4.79 Å². The number of carbonyl (C=O) groups is 1. The van der Waals surface area contributed by atoms with Crippen molar-refractivity contribution < 1.29 is 9.90 Å². The molecule has 0 heterocycles. The monoisotopic (exact) mass is 224 g/mol. The topological polar surface area (TPSA) is 37.3 Å². The zero-order valence-corrected chi connectivity index (χ0v) is 9.29. The van der Waals surface area contributed by atoms with Gasteiger partial charge in [-0.15, -0.1) is 0 Å². The van der Waals surface area contributed by atoms with Gasteiger partial charge in [0, 0.05) is 11.4 Å². The van der Waals surface area contributed by atoms with E-state index in [0.717, 1.165) is 11.1 Å². The largest absolute Gasteiger partial charge is 0.481 e. The van der Waals surface area contributed by atoms with E-state index in [2.05, 4.69) is 0 Å². The SMILES string of the molecule is C/C(=C\CCC(=O)O)c1ccccc1Cl. The second kappa shape index (κ2) is 5.56. The Kier molecular flexibility index (Phi) is 4.37. The smallest absolute Gasteiger partial charge is 0.303 e. The van der Waals surface area contributed by atoms with Crippen molar-refractivity contribution in [1.29, 1.82) is 0 Å². The fourth-order valence-corrected chi connectivity index (χ4v) is 1.59. The third kappa shape index (κ3) is 3.76. The van der Waals surface area contributed by atoms with Crippen LogP contribution in [0.4, 0.5) is 0 Å². The predicted molar refractivity (Wildman–Crippen MR) is 62.0 cm³/mol. The van der Waals surface area contributed by atoms with E-state index in [1.807, 2.05) is 37.3 Å². The second-order valence-corrected chi connectivity index (χ2v) is 3.71. The van der Waals surface area contributed by atoms with Gasteiger partial charge >= 0.3 is 5.97 Å². The van der Waals surface area contributed by atoms with E-state index >= 15 is 0 Å². The van der Waals surface area contributed by atoms with E-state index in [9.17, 15) is 4.79 Å². The quantitative estimate of drug-likeness (QED) is 0.849. The second-order valence-electron chi connectivity index (χ2n) is 3.30. The summed E-state index contributed by atoms with van der Waals surface area (Å²) in [5, 5.41) is 9.19. The number of carboxylic acids is 1. The summed E-state index contributed by atoms with van der Waals surface area (Å²) < 4.78 is 0. The first-order valence-corrected chi connectivity index (χ1v) is 5.12. The molecule has 0 bridgehead atoms. The molecule has 0 aliphatic heterocycles. The lowest BCUT2D eigenvalue weighted by atomic mass is 10.1. The van der Waals surface area contributed by atoms with E-state index in [0.29, 0.717) is 11.4 Å². The number of aliphatic carboxylic acids is 1. The molecule has 0 aliphatic carbocycles. The fourth-order valence-electron chi connectivity index (χ4n) is 1.30. The molecule has 1 N–H and O–H groups in total. The highest BCUT2D eigenvalue weighted by Gasteiger charge is 2.01. The van der Waals surface area contributed by atoms with Crippen molar-refractivity contribution in [3.05, 3.63) is 40.9 Å². The van der Waals surface area contributed by atoms with Gasteiger partial charge in [0.05, 0.1) is 0 Å². The van der Waals surface area contributed by atoms with Gasteiger partial charge in [0.15, 0.2) is 0 Å². The molecule has 0 aliphatic rings. The summed E-state index contributed by atoms with van der Waals surface area (Å²) in [6, 6.07) is 7.53. The molecular formula is C12H13ClO2. The number of rotatable bonds is 4. The molecule has 15 heavy (non-hydrogen) atoms. The lowest BCUT2D eigenvalue weighted by Gasteiger charge is -2.03.